The molecule has 0 radical (unpaired) electrons. The largest absolute Gasteiger partial charge is 0.857 e. The molecule has 0 aliphatic heterocycles. The van der Waals surface area contributed by atoms with E-state index in [1.54, 1.807) is 18.2 Å². The average Bonchev–Trinajstić information content (AvgIpc) is 3.25. The highest BCUT2D eigenvalue weighted by Gasteiger charge is 2.24. The lowest BCUT2D eigenvalue weighted by Crippen LogP contribution is -2.15. The number of carbonyl (C=O) groups excluding carboxylic acids is 1. The van der Waals surface area contributed by atoms with Crippen LogP contribution in [0.25, 0.3) is 22.6 Å². The molecule has 0 aliphatic carbocycles. The van der Waals surface area contributed by atoms with E-state index >= 15 is 0 Å². The number of ether oxygens (including phenoxy) is 3. The minimum atomic E-state index is -1.04. The molecule has 6 aromatic rings. The van der Waals surface area contributed by atoms with E-state index in [1.165, 1.54) is 37.6 Å². The fourth-order valence-corrected chi connectivity index (χ4v) is 8.39. The fraction of sp³-hybridized carbons (Fsp3) is 0.280. The summed E-state index contributed by atoms with van der Waals surface area (Å²) in [5, 5.41) is 17.1. The van der Waals surface area contributed by atoms with Crippen molar-refractivity contribution in [2.45, 2.75) is 85.8 Å². The molecule has 13 heteroatoms. The van der Waals surface area contributed by atoms with Crippen LogP contribution >= 0.6 is 23.5 Å². The van der Waals surface area contributed by atoms with Gasteiger partial charge in [0.25, 0.3) is 0 Å². The van der Waals surface area contributed by atoms with Crippen molar-refractivity contribution in [1.82, 2.24) is 0 Å². The second-order valence-electron chi connectivity index (χ2n) is 16.1. The van der Waals surface area contributed by atoms with E-state index in [1.807, 2.05) is 119 Å². The Bertz CT molecular complexity index is 2600. The molecule has 0 atom stereocenters. The van der Waals surface area contributed by atoms with Crippen LogP contribution in [0.15, 0.2) is 147 Å². The number of methoxy groups -OCH3 is 1. The smallest absolute Gasteiger partial charge is 0.354 e. The number of Topliss-reactive ketones (excluding diaryl/α,β-unsaturated/α-hetero) is 1. The first-order chi connectivity index (χ1) is 29.8. The van der Waals surface area contributed by atoms with Crippen molar-refractivity contribution in [1.29, 1.82) is 0 Å². The molecule has 0 saturated heterocycles. The first-order valence-corrected chi connectivity index (χ1v) is 21.5. The number of hydrogen-bond acceptors (Lipinski definition) is 12. The molecule has 0 amide bonds. The number of hydrogen-bond donors (Lipinski definition) is 1. The third-order valence-corrected chi connectivity index (χ3v) is 11.5. The lowest BCUT2D eigenvalue weighted by Gasteiger charge is -2.23. The monoisotopic (exact) mass is 893 g/mol. The van der Waals surface area contributed by atoms with Crippen LogP contribution in [0, 0.1) is 6.92 Å². The predicted molar refractivity (Wildman–Crippen MR) is 246 cm³/mol. The molecule has 0 bridgehead atoms. The first-order valence-electron chi connectivity index (χ1n) is 19.8. The van der Waals surface area contributed by atoms with Gasteiger partial charge in [0.15, 0.2) is 12.4 Å². The van der Waals surface area contributed by atoms with Crippen LogP contribution < -0.4 is 30.6 Å². The first kappa shape index (κ1) is 49.6. The fourth-order valence-electron chi connectivity index (χ4n) is 6.01. The van der Waals surface area contributed by atoms with E-state index in [0.29, 0.717) is 38.6 Å². The van der Waals surface area contributed by atoms with Gasteiger partial charge < -0.3 is 33.3 Å². The summed E-state index contributed by atoms with van der Waals surface area (Å²) in [5.74, 6) is 1.43. The molecule has 332 valence electrons. The van der Waals surface area contributed by atoms with Gasteiger partial charge in [-0.3, -0.25) is 4.79 Å². The quantitative estimate of drug-likeness (QED) is 0.117. The van der Waals surface area contributed by atoms with Crippen LogP contribution in [0.5, 0.6) is 17.2 Å². The topological polar surface area (TPSA) is 166 Å². The highest BCUT2D eigenvalue weighted by atomic mass is 32.2. The third-order valence-electron chi connectivity index (χ3n) is 9.05. The summed E-state index contributed by atoms with van der Waals surface area (Å²) in [6, 6.07) is 33.6. The summed E-state index contributed by atoms with van der Waals surface area (Å²) >= 11 is 2.66. The highest BCUT2D eigenvalue weighted by Crippen LogP contribution is 2.42. The van der Waals surface area contributed by atoms with Gasteiger partial charge in [0.1, 0.15) is 45.2 Å². The second-order valence-corrected chi connectivity index (χ2v) is 18.2. The lowest BCUT2D eigenvalue weighted by atomic mass is 9.87. The van der Waals surface area contributed by atoms with E-state index in [-0.39, 0.29) is 28.8 Å². The Balaban J connectivity index is 0.000000266. The zero-order valence-corrected chi connectivity index (χ0v) is 38.8. The van der Waals surface area contributed by atoms with Crippen LogP contribution in [0.3, 0.4) is 0 Å². The molecule has 6 rings (SSSR count). The summed E-state index contributed by atoms with van der Waals surface area (Å²) in [5.41, 5.74) is 3.18. The summed E-state index contributed by atoms with van der Waals surface area (Å²) in [6.07, 6.45) is 0. The Kier molecular flexibility index (Phi) is 17.6. The van der Waals surface area contributed by atoms with Crippen molar-refractivity contribution in [2.24, 2.45) is 0 Å². The maximum absolute atomic E-state index is 12.8. The number of benzene rings is 4. The van der Waals surface area contributed by atoms with Gasteiger partial charge in [-0.2, -0.15) is 7.11 Å². The molecule has 4 aromatic carbocycles. The molecular weight excluding hydrogens is 841 g/mol. The number of aliphatic carboxylic acids is 1. The van der Waals surface area contributed by atoms with Crippen molar-refractivity contribution in [2.75, 3.05) is 27.4 Å². The van der Waals surface area contributed by atoms with E-state index in [4.69, 9.17) is 33.3 Å². The van der Waals surface area contributed by atoms with Gasteiger partial charge in [-0.05, 0) is 83.8 Å². The molecule has 0 aliphatic rings. The third kappa shape index (κ3) is 14.0. The lowest BCUT2D eigenvalue weighted by molar-refractivity contribution is -0.325. The molecule has 2 aromatic heterocycles. The van der Waals surface area contributed by atoms with E-state index in [9.17, 15) is 19.2 Å². The van der Waals surface area contributed by atoms with Crippen LogP contribution in [0.2, 0.25) is 0 Å². The molecule has 0 unspecified atom stereocenters. The molecule has 0 fully saturated rings. The summed E-state index contributed by atoms with van der Waals surface area (Å²) in [7, 11) is 2.26. The Hall–Kier alpha value is -6.02. The maximum atomic E-state index is 12.8. The molecule has 63 heavy (non-hydrogen) atoms. The molecule has 0 saturated carbocycles. The molecule has 0 spiro atoms. The van der Waals surface area contributed by atoms with Crippen LogP contribution in [0.1, 0.15) is 65.2 Å². The normalized spacial score (nSPS) is 11.0. The average molecular weight is 894 g/mol. The molecular formula is C50H53O11S2-. The van der Waals surface area contributed by atoms with Gasteiger partial charge in [0, 0.05) is 27.0 Å². The predicted octanol–water partition coefficient (Wildman–Crippen LogP) is 10.2. The number of rotatable bonds is 13. The van der Waals surface area contributed by atoms with E-state index < -0.39 is 18.2 Å². The van der Waals surface area contributed by atoms with Crippen molar-refractivity contribution >= 4 is 35.3 Å². The van der Waals surface area contributed by atoms with E-state index in [2.05, 4.69) is 20.8 Å². The van der Waals surface area contributed by atoms with Crippen molar-refractivity contribution < 1.29 is 42.8 Å². The van der Waals surface area contributed by atoms with Gasteiger partial charge in [-0.25, -0.2) is 14.4 Å². The Morgan fingerprint density at radius 3 is 1.48 bits per heavy atom. The van der Waals surface area contributed by atoms with Gasteiger partial charge in [-0.15, -0.1) is 0 Å². The van der Waals surface area contributed by atoms with Gasteiger partial charge in [0.05, 0.1) is 7.11 Å². The molecule has 11 nitrogen and oxygen atoms in total. The summed E-state index contributed by atoms with van der Waals surface area (Å²) < 4.78 is 27.6. The summed E-state index contributed by atoms with van der Waals surface area (Å²) in [6.45, 7) is 15.5. The Labute approximate surface area is 376 Å². The molecule has 2 heterocycles. The van der Waals surface area contributed by atoms with Crippen molar-refractivity contribution in [3.8, 4) is 39.9 Å². The van der Waals surface area contributed by atoms with Crippen molar-refractivity contribution in [3.63, 3.8) is 0 Å². The highest BCUT2D eigenvalue weighted by molar-refractivity contribution is 7.99. The Morgan fingerprint density at radius 2 is 1.06 bits per heavy atom. The van der Waals surface area contributed by atoms with Crippen LogP contribution in [-0.4, -0.2) is 44.3 Å². The zero-order valence-electron chi connectivity index (χ0n) is 37.2. The van der Waals surface area contributed by atoms with Crippen LogP contribution in [0.4, 0.5) is 0 Å². The Morgan fingerprint density at radius 1 is 0.635 bits per heavy atom. The minimum Gasteiger partial charge on any atom is -0.857 e. The minimum absolute atomic E-state index is 0.0301. The SMILES string of the molecule is CC(=O)COc1ccc(Sc2c(C)cc(-c3ccccc3)oc2=O)c(C(C)(C)C)c1.COc1cc(-c2ccccc2)oc(=O)c1Sc1ccc(OCC(=O)O)cc1C(C)(C)C.C[O-]. The molecule has 1 N–H and O–H groups in total. The summed E-state index contributed by atoms with van der Waals surface area (Å²) in [4.78, 5) is 50.4. The number of ketones is 1. The van der Waals surface area contributed by atoms with Gasteiger partial charge in [-0.1, -0.05) is 126 Å². The van der Waals surface area contributed by atoms with Gasteiger partial charge in [0.2, 0.25) is 0 Å². The van der Waals surface area contributed by atoms with Crippen LogP contribution in [-0.2, 0) is 20.4 Å². The number of carboxylic acid groups (broad SMARTS) is 1. The van der Waals surface area contributed by atoms with E-state index in [0.717, 1.165) is 44.7 Å². The van der Waals surface area contributed by atoms with Crippen molar-refractivity contribution in [3.05, 3.63) is 147 Å². The number of carbonyl (C=O) groups is 2. The zero-order chi connectivity index (χ0) is 46.5. The van der Waals surface area contributed by atoms with Gasteiger partial charge >= 0.3 is 17.2 Å². The maximum Gasteiger partial charge on any atom is 0.354 e. The second kappa shape index (κ2) is 22.4. The number of aryl methyl sites for hydroxylation is 1. The standard InChI is InChI=1S/C25H26O4S.C24H24O6S.CH3O/c1-16-13-21(18-9-7-6-8-10-18)29-24(27)23(16)30-22-12-11-19(28-15-17(2)26)14-20(22)25(3,4)5;1-24(2,3)17-12-16(29-14-21(25)26)10-11-20(17)31-22-19(28-4)13-18(30-23(22)27)15-8-6-5-7-9-15;1-2/h6-14H,15H2,1-5H3;5-13H,14H2,1-4H3,(H,25,26);1H3/q;;-1. The number of carboxylic acids is 1.